The minimum absolute atomic E-state index is 0.116. The predicted molar refractivity (Wildman–Crippen MR) is 104 cm³/mol. The van der Waals surface area contributed by atoms with Crippen LogP contribution in [0.5, 0.6) is 5.88 Å². The van der Waals surface area contributed by atoms with Gasteiger partial charge in [-0.2, -0.15) is 0 Å². The maximum atomic E-state index is 5.38. The molecule has 0 aliphatic rings. The van der Waals surface area contributed by atoms with E-state index in [9.17, 15) is 0 Å². The van der Waals surface area contributed by atoms with E-state index in [0.717, 1.165) is 5.69 Å². The summed E-state index contributed by atoms with van der Waals surface area (Å²) in [7, 11) is 1.59. The zero-order chi connectivity index (χ0) is 17.7. The second-order valence-electron chi connectivity index (χ2n) is 6.78. The highest BCUT2D eigenvalue weighted by Crippen LogP contribution is 2.24. The normalized spacial score (nSPS) is 12.4. The van der Waals surface area contributed by atoms with E-state index in [0.29, 0.717) is 11.0 Å². The first-order valence-corrected chi connectivity index (χ1v) is 8.38. The van der Waals surface area contributed by atoms with Gasteiger partial charge in [-0.15, -0.1) is 0 Å². The zero-order valence-electron chi connectivity index (χ0n) is 14.9. The first-order chi connectivity index (χ1) is 11.3. The first-order valence-electron chi connectivity index (χ1n) is 7.97. The van der Waals surface area contributed by atoms with Gasteiger partial charge in [0.05, 0.1) is 25.0 Å². The lowest BCUT2D eigenvalue weighted by molar-refractivity contribution is 0.398. The average Bonchev–Trinajstić information content (AvgIpc) is 2.54. The van der Waals surface area contributed by atoms with E-state index in [1.165, 1.54) is 11.1 Å². The summed E-state index contributed by atoms with van der Waals surface area (Å²) in [6, 6.07) is 12.4. The molecule has 2 rings (SSSR count). The minimum Gasteiger partial charge on any atom is -0.481 e. The summed E-state index contributed by atoms with van der Waals surface area (Å²) in [4.78, 5) is 4.15. The van der Waals surface area contributed by atoms with Crippen LogP contribution in [-0.4, -0.2) is 17.2 Å². The second kappa shape index (κ2) is 7.62. The molecule has 0 aliphatic heterocycles. The molecule has 0 unspecified atom stereocenters. The van der Waals surface area contributed by atoms with Crippen molar-refractivity contribution < 1.29 is 4.74 Å². The molecule has 2 N–H and O–H groups in total. The summed E-state index contributed by atoms with van der Waals surface area (Å²) in [5.74, 6) is 0.576. The largest absolute Gasteiger partial charge is 0.481 e. The summed E-state index contributed by atoms with van der Waals surface area (Å²) in [6.45, 7) is 8.73. The van der Waals surface area contributed by atoms with Crippen LogP contribution >= 0.6 is 12.2 Å². The summed E-state index contributed by atoms with van der Waals surface area (Å²) < 4.78 is 5.04. The summed E-state index contributed by atoms with van der Waals surface area (Å²) >= 11 is 5.38. The van der Waals surface area contributed by atoms with Crippen LogP contribution in [0.25, 0.3) is 0 Å². The molecular weight excluding hydrogens is 318 g/mol. The lowest BCUT2D eigenvalue weighted by atomic mass is 9.86. The number of nitrogens with one attached hydrogen (secondary N) is 2. The van der Waals surface area contributed by atoms with Crippen molar-refractivity contribution in [3.63, 3.8) is 0 Å². The van der Waals surface area contributed by atoms with E-state index >= 15 is 0 Å². The fourth-order valence-corrected chi connectivity index (χ4v) is 2.59. The fourth-order valence-electron chi connectivity index (χ4n) is 2.29. The molecule has 0 spiro atoms. The molecule has 0 radical (unpaired) electrons. The molecule has 0 aliphatic carbocycles. The van der Waals surface area contributed by atoms with E-state index in [1.54, 1.807) is 19.4 Å². The van der Waals surface area contributed by atoms with E-state index in [-0.39, 0.29) is 11.5 Å². The van der Waals surface area contributed by atoms with Gasteiger partial charge >= 0.3 is 0 Å². The van der Waals surface area contributed by atoms with Crippen LogP contribution < -0.4 is 15.4 Å². The Bertz CT molecular complexity index is 675. The molecule has 1 aromatic heterocycles. The number of pyridine rings is 1. The smallest absolute Gasteiger partial charge is 0.213 e. The molecule has 4 nitrogen and oxygen atoms in total. The summed E-state index contributed by atoms with van der Waals surface area (Å²) in [5, 5.41) is 6.99. The van der Waals surface area contributed by atoms with E-state index in [2.05, 4.69) is 67.6 Å². The molecular formula is C19H25N3OS. The Kier molecular flexibility index (Phi) is 5.78. The highest BCUT2D eigenvalue weighted by atomic mass is 32.1. The van der Waals surface area contributed by atoms with Gasteiger partial charge in [0.25, 0.3) is 0 Å². The average molecular weight is 343 g/mol. The van der Waals surface area contributed by atoms with Gasteiger partial charge in [0.2, 0.25) is 5.88 Å². The quantitative estimate of drug-likeness (QED) is 0.804. The molecule has 0 amide bonds. The number of hydrogen-bond acceptors (Lipinski definition) is 3. The Morgan fingerprint density at radius 3 is 2.29 bits per heavy atom. The number of anilines is 1. The van der Waals surface area contributed by atoms with Gasteiger partial charge in [0.1, 0.15) is 0 Å². The van der Waals surface area contributed by atoms with E-state index in [4.69, 9.17) is 17.0 Å². The van der Waals surface area contributed by atoms with Gasteiger partial charge < -0.3 is 15.4 Å². The summed E-state index contributed by atoms with van der Waals surface area (Å²) in [6.07, 6.45) is 1.69. The van der Waals surface area contributed by atoms with Gasteiger partial charge in [0, 0.05) is 6.07 Å². The van der Waals surface area contributed by atoms with Crippen molar-refractivity contribution in [2.24, 2.45) is 0 Å². The minimum atomic E-state index is 0.116. The molecule has 128 valence electrons. The standard InChI is InChI=1S/C19H25N3OS/c1-13(14-6-8-15(9-7-14)19(2,3)4)21-18(24)22-16-10-11-17(23-5)20-12-16/h6-13H,1-5H3,(H2,21,22,24)/t13-/m0/s1. The van der Waals surface area contributed by atoms with Crippen LogP contribution in [0.1, 0.15) is 44.9 Å². The van der Waals surface area contributed by atoms with Gasteiger partial charge in [-0.3, -0.25) is 0 Å². The number of rotatable bonds is 4. The zero-order valence-corrected chi connectivity index (χ0v) is 15.7. The number of ether oxygens (including phenoxy) is 1. The summed E-state index contributed by atoms with van der Waals surface area (Å²) in [5.41, 5.74) is 3.50. The third kappa shape index (κ3) is 4.93. The Balaban J connectivity index is 1.95. The van der Waals surface area contributed by atoms with Crippen molar-refractivity contribution in [1.29, 1.82) is 0 Å². The predicted octanol–water partition coefficient (Wildman–Crippen LogP) is 4.44. The highest BCUT2D eigenvalue weighted by molar-refractivity contribution is 7.80. The molecule has 24 heavy (non-hydrogen) atoms. The number of benzene rings is 1. The third-order valence-electron chi connectivity index (χ3n) is 3.83. The van der Waals surface area contributed by atoms with Crippen LogP contribution in [0.3, 0.4) is 0 Å². The first kappa shape index (κ1) is 18.2. The molecule has 5 heteroatoms. The number of nitrogens with zero attached hydrogens (tertiary/aromatic N) is 1. The van der Waals surface area contributed by atoms with Crippen LogP contribution in [0.15, 0.2) is 42.6 Å². The van der Waals surface area contributed by atoms with Crippen LogP contribution in [0.4, 0.5) is 5.69 Å². The molecule has 2 aromatic rings. The Hall–Kier alpha value is -2.14. The Morgan fingerprint density at radius 2 is 1.79 bits per heavy atom. The van der Waals surface area contributed by atoms with Gasteiger partial charge in [-0.05, 0) is 41.7 Å². The van der Waals surface area contributed by atoms with Gasteiger partial charge in [0.15, 0.2) is 5.11 Å². The van der Waals surface area contributed by atoms with Crippen LogP contribution in [0, 0.1) is 0 Å². The molecule has 1 aromatic carbocycles. The number of aromatic nitrogens is 1. The topological polar surface area (TPSA) is 46.2 Å². The number of methoxy groups -OCH3 is 1. The SMILES string of the molecule is COc1ccc(NC(=S)N[C@@H](C)c2ccc(C(C)(C)C)cc2)cn1. The number of thiocarbonyl (C=S) groups is 1. The van der Waals surface area contributed by atoms with Gasteiger partial charge in [-0.25, -0.2) is 4.98 Å². The maximum Gasteiger partial charge on any atom is 0.213 e. The fraction of sp³-hybridized carbons (Fsp3) is 0.368. The lowest BCUT2D eigenvalue weighted by Crippen LogP contribution is -2.31. The van der Waals surface area contributed by atoms with Crippen molar-refractivity contribution in [1.82, 2.24) is 10.3 Å². The molecule has 0 saturated heterocycles. The molecule has 1 heterocycles. The van der Waals surface area contributed by atoms with Crippen LogP contribution in [-0.2, 0) is 5.41 Å². The lowest BCUT2D eigenvalue weighted by Gasteiger charge is -2.21. The monoisotopic (exact) mass is 343 g/mol. The van der Waals surface area contributed by atoms with Crippen molar-refractivity contribution in [3.05, 3.63) is 53.7 Å². The van der Waals surface area contributed by atoms with E-state index < -0.39 is 0 Å². The molecule has 0 bridgehead atoms. The van der Waals surface area contributed by atoms with Crippen molar-refractivity contribution in [2.75, 3.05) is 12.4 Å². The van der Waals surface area contributed by atoms with Crippen LogP contribution in [0.2, 0.25) is 0 Å². The van der Waals surface area contributed by atoms with Crippen molar-refractivity contribution in [3.8, 4) is 5.88 Å². The van der Waals surface area contributed by atoms with Gasteiger partial charge in [-0.1, -0.05) is 45.0 Å². The van der Waals surface area contributed by atoms with Crippen molar-refractivity contribution >= 4 is 23.0 Å². The highest BCUT2D eigenvalue weighted by Gasteiger charge is 2.14. The molecule has 1 atom stereocenters. The van der Waals surface area contributed by atoms with Crippen molar-refractivity contribution in [2.45, 2.75) is 39.2 Å². The van der Waals surface area contributed by atoms with E-state index in [1.807, 2.05) is 6.07 Å². The Morgan fingerprint density at radius 1 is 1.12 bits per heavy atom. The second-order valence-corrected chi connectivity index (χ2v) is 7.19. The molecule has 0 saturated carbocycles. The maximum absolute atomic E-state index is 5.38. The third-order valence-corrected chi connectivity index (χ3v) is 4.05. The number of hydrogen-bond donors (Lipinski definition) is 2. The Labute approximate surface area is 149 Å². The molecule has 0 fully saturated rings.